The highest BCUT2D eigenvalue weighted by atomic mass is 16.2. The number of nitrogens with one attached hydrogen (secondary N) is 1. The number of carbonyl (C=O) groups excluding carboxylic acids is 1. The molecule has 1 saturated heterocycles. The molecule has 1 aliphatic rings. The van der Waals surface area contributed by atoms with Crippen LogP contribution >= 0.6 is 0 Å². The zero-order chi connectivity index (χ0) is 14.9. The number of hydrogen-bond donors (Lipinski definition) is 2. The van der Waals surface area contributed by atoms with Crippen molar-refractivity contribution in [3.05, 3.63) is 35.4 Å². The Morgan fingerprint density at radius 2 is 1.90 bits per heavy atom. The molecular weight excluding hydrogens is 264 g/mol. The van der Waals surface area contributed by atoms with Gasteiger partial charge < -0.3 is 15.3 Å². The minimum absolute atomic E-state index is 0.00169. The van der Waals surface area contributed by atoms with Gasteiger partial charge in [0.15, 0.2) is 0 Å². The van der Waals surface area contributed by atoms with Crippen molar-refractivity contribution in [2.45, 2.75) is 32.2 Å². The van der Waals surface area contributed by atoms with Crippen LogP contribution in [0.5, 0.6) is 0 Å². The lowest BCUT2D eigenvalue weighted by molar-refractivity contribution is 0.199. The Balaban J connectivity index is 1.94. The number of aliphatic hydroxyl groups is 1. The van der Waals surface area contributed by atoms with Gasteiger partial charge in [0.2, 0.25) is 0 Å². The van der Waals surface area contributed by atoms with Gasteiger partial charge in [-0.3, -0.25) is 0 Å². The van der Waals surface area contributed by atoms with E-state index in [9.17, 15) is 4.79 Å². The average molecular weight is 286 g/mol. The second-order valence-corrected chi connectivity index (χ2v) is 5.18. The van der Waals surface area contributed by atoms with Crippen molar-refractivity contribution >= 4 is 6.03 Å². The summed E-state index contributed by atoms with van der Waals surface area (Å²) in [6.45, 7) is 2.00. The lowest BCUT2D eigenvalue weighted by atomic mass is 10.1. The minimum Gasteiger partial charge on any atom is -0.384 e. The SMILES string of the molecule is O=C(NCc1ccccc1C#CCO)N1CCCCCC1. The number of aliphatic hydroxyl groups excluding tert-OH is 1. The van der Waals surface area contributed by atoms with E-state index in [1.165, 1.54) is 12.8 Å². The van der Waals surface area contributed by atoms with Crippen molar-refractivity contribution in [1.82, 2.24) is 10.2 Å². The summed E-state index contributed by atoms with van der Waals surface area (Å²) in [7, 11) is 0. The van der Waals surface area contributed by atoms with E-state index in [0.29, 0.717) is 6.54 Å². The normalized spacial score (nSPS) is 14.8. The topological polar surface area (TPSA) is 52.6 Å². The van der Waals surface area contributed by atoms with Crippen LogP contribution in [0.3, 0.4) is 0 Å². The molecule has 2 rings (SSSR count). The monoisotopic (exact) mass is 286 g/mol. The molecule has 4 heteroatoms. The van der Waals surface area contributed by atoms with Gasteiger partial charge in [-0.25, -0.2) is 4.79 Å². The summed E-state index contributed by atoms with van der Waals surface area (Å²) in [5.74, 6) is 5.56. The molecule has 1 fully saturated rings. The van der Waals surface area contributed by atoms with E-state index in [2.05, 4.69) is 17.2 Å². The molecule has 1 heterocycles. The van der Waals surface area contributed by atoms with Crippen molar-refractivity contribution in [3.8, 4) is 11.8 Å². The molecule has 0 radical (unpaired) electrons. The van der Waals surface area contributed by atoms with Crippen molar-refractivity contribution < 1.29 is 9.90 Å². The molecular formula is C17H22N2O2. The first-order valence-corrected chi connectivity index (χ1v) is 7.51. The molecule has 0 aromatic heterocycles. The van der Waals surface area contributed by atoms with Crippen molar-refractivity contribution in [2.24, 2.45) is 0 Å². The van der Waals surface area contributed by atoms with Crippen LogP contribution in [0.25, 0.3) is 0 Å². The third-order valence-corrected chi connectivity index (χ3v) is 3.64. The van der Waals surface area contributed by atoms with E-state index in [1.54, 1.807) is 0 Å². The fourth-order valence-electron chi connectivity index (χ4n) is 2.49. The molecule has 1 aromatic carbocycles. The van der Waals surface area contributed by atoms with E-state index in [1.807, 2.05) is 29.2 Å². The predicted molar refractivity (Wildman–Crippen MR) is 82.7 cm³/mol. The molecule has 1 aromatic rings. The second-order valence-electron chi connectivity index (χ2n) is 5.18. The summed E-state index contributed by atoms with van der Waals surface area (Å²) in [6.07, 6.45) is 4.60. The molecule has 4 nitrogen and oxygen atoms in total. The number of nitrogens with zero attached hydrogens (tertiary/aromatic N) is 1. The first kappa shape index (κ1) is 15.4. The first-order chi connectivity index (χ1) is 10.3. The van der Waals surface area contributed by atoms with Crippen LogP contribution < -0.4 is 5.32 Å². The number of hydrogen-bond acceptors (Lipinski definition) is 2. The molecule has 2 N–H and O–H groups in total. The average Bonchev–Trinajstić information content (AvgIpc) is 2.80. The molecule has 0 atom stereocenters. The van der Waals surface area contributed by atoms with Gasteiger partial charge in [-0.15, -0.1) is 0 Å². The first-order valence-electron chi connectivity index (χ1n) is 7.51. The minimum atomic E-state index is -0.158. The van der Waals surface area contributed by atoms with E-state index >= 15 is 0 Å². The Morgan fingerprint density at radius 1 is 1.19 bits per heavy atom. The van der Waals surface area contributed by atoms with Crippen molar-refractivity contribution in [2.75, 3.05) is 19.7 Å². The summed E-state index contributed by atoms with van der Waals surface area (Å²) in [6, 6.07) is 7.68. The molecule has 2 amide bonds. The van der Waals surface area contributed by atoms with Crippen LogP contribution in [0, 0.1) is 11.8 Å². The molecule has 0 bridgehead atoms. The van der Waals surface area contributed by atoms with Crippen LogP contribution in [-0.2, 0) is 6.54 Å². The van der Waals surface area contributed by atoms with E-state index in [-0.39, 0.29) is 12.6 Å². The van der Waals surface area contributed by atoms with E-state index in [4.69, 9.17) is 5.11 Å². The number of likely N-dealkylation sites (tertiary alicyclic amines) is 1. The third-order valence-electron chi connectivity index (χ3n) is 3.64. The van der Waals surface area contributed by atoms with Crippen molar-refractivity contribution in [1.29, 1.82) is 0 Å². The molecule has 0 saturated carbocycles. The van der Waals surface area contributed by atoms with Crippen LogP contribution in [-0.4, -0.2) is 35.7 Å². The fraction of sp³-hybridized carbons (Fsp3) is 0.471. The maximum absolute atomic E-state index is 12.2. The van der Waals surface area contributed by atoms with Gasteiger partial charge in [0.1, 0.15) is 6.61 Å². The zero-order valence-electron chi connectivity index (χ0n) is 12.3. The van der Waals surface area contributed by atoms with Crippen LogP contribution in [0.4, 0.5) is 4.79 Å². The number of benzene rings is 1. The highest BCUT2D eigenvalue weighted by molar-refractivity contribution is 5.74. The third kappa shape index (κ3) is 4.80. The number of urea groups is 1. The van der Waals surface area contributed by atoms with Crippen molar-refractivity contribution in [3.63, 3.8) is 0 Å². The highest BCUT2D eigenvalue weighted by Gasteiger charge is 2.15. The fourth-order valence-corrected chi connectivity index (χ4v) is 2.49. The van der Waals surface area contributed by atoms with Gasteiger partial charge in [-0.05, 0) is 24.5 Å². The molecule has 112 valence electrons. The lowest BCUT2D eigenvalue weighted by Crippen LogP contribution is -2.40. The molecule has 0 unspecified atom stereocenters. The van der Waals surface area contributed by atoms with Gasteiger partial charge in [0, 0.05) is 25.2 Å². The number of carbonyl (C=O) groups is 1. The van der Waals surface area contributed by atoms with Gasteiger partial charge in [0.05, 0.1) is 0 Å². The van der Waals surface area contributed by atoms with Gasteiger partial charge >= 0.3 is 6.03 Å². The molecule has 21 heavy (non-hydrogen) atoms. The highest BCUT2D eigenvalue weighted by Crippen LogP contribution is 2.11. The van der Waals surface area contributed by atoms with Gasteiger partial charge in [-0.1, -0.05) is 42.9 Å². The zero-order valence-corrected chi connectivity index (χ0v) is 12.3. The second kappa shape index (κ2) is 8.33. The Morgan fingerprint density at radius 3 is 2.62 bits per heavy atom. The Labute approximate surface area is 126 Å². The summed E-state index contributed by atoms with van der Waals surface area (Å²) in [5.41, 5.74) is 1.82. The maximum atomic E-state index is 12.2. The van der Waals surface area contributed by atoms with Crippen LogP contribution in [0.1, 0.15) is 36.8 Å². The Hall–Kier alpha value is -1.99. The van der Waals surface area contributed by atoms with E-state index in [0.717, 1.165) is 37.1 Å². The standard InChI is InChI=1S/C17H22N2O2/c20-13-7-10-15-8-3-4-9-16(15)14-18-17(21)19-11-5-1-2-6-12-19/h3-4,8-9,20H,1-2,5-6,11-14H2,(H,18,21). The smallest absolute Gasteiger partial charge is 0.317 e. The summed E-state index contributed by atoms with van der Waals surface area (Å²) < 4.78 is 0. The summed E-state index contributed by atoms with van der Waals surface area (Å²) in [5, 5.41) is 11.8. The van der Waals surface area contributed by atoms with Crippen LogP contribution in [0.2, 0.25) is 0 Å². The summed E-state index contributed by atoms with van der Waals surface area (Å²) in [4.78, 5) is 14.1. The maximum Gasteiger partial charge on any atom is 0.317 e. The number of rotatable bonds is 2. The molecule has 0 aliphatic carbocycles. The largest absolute Gasteiger partial charge is 0.384 e. The molecule has 1 aliphatic heterocycles. The molecule has 0 spiro atoms. The van der Waals surface area contributed by atoms with Crippen LogP contribution in [0.15, 0.2) is 24.3 Å². The van der Waals surface area contributed by atoms with E-state index < -0.39 is 0 Å². The van der Waals surface area contributed by atoms with Gasteiger partial charge in [-0.2, -0.15) is 0 Å². The quantitative estimate of drug-likeness (QED) is 0.818. The Bertz CT molecular complexity index is 523. The summed E-state index contributed by atoms with van der Waals surface area (Å²) >= 11 is 0. The Kier molecular flexibility index (Phi) is 6.11. The predicted octanol–water partition coefficient (Wildman–Crippen LogP) is 2.12. The van der Waals surface area contributed by atoms with Gasteiger partial charge in [0.25, 0.3) is 0 Å². The number of amides is 2. The lowest BCUT2D eigenvalue weighted by Gasteiger charge is -2.21.